The number of halogens is 2. The number of nitrogens with one attached hydrogen (secondary N) is 2. The molecule has 0 atom stereocenters. The molecular weight excluding hydrogens is 467 g/mol. The normalized spacial score (nSPS) is 11.8. The molecule has 2 N–H and O–H groups in total. The van der Waals surface area contributed by atoms with Crippen LogP contribution in [0.1, 0.15) is 35.0 Å². The van der Waals surface area contributed by atoms with Gasteiger partial charge in [-0.15, -0.1) is 35.3 Å². The fourth-order valence-electron chi connectivity index (χ4n) is 2.31. The molecule has 0 saturated carbocycles. The van der Waals surface area contributed by atoms with Gasteiger partial charge in [0.05, 0.1) is 12.2 Å². The monoisotopic (exact) mass is 492 g/mol. The van der Waals surface area contributed by atoms with E-state index >= 15 is 0 Å². The van der Waals surface area contributed by atoms with Crippen LogP contribution in [0.4, 0.5) is 0 Å². The molecule has 0 saturated heterocycles. The van der Waals surface area contributed by atoms with Crippen molar-refractivity contribution in [1.29, 1.82) is 0 Å². The maximum atomic E-state index is 6.11. The molecule has 0 radical (unpaired) electrons. The zero-order valence-corrected chi connectivity index (χ0v) is 19.2. The molecule has 7 heteroatoms. The number of aryl methyl sites for hydroxylation is 2. The molecule has 0 amide bonds. The number of guanidine groups is 1. The lowest BCUT2D eigenvalue weighted by molar-refractivity contribution is 0.508. The van der Waals surface area contributed by atoms with Crippen LogP contribution in [0.3, 0.4) is 0 Å². The summed E-state index contributed by atoms with van der Waals surface area (Å²) in [5.74, 6) is 0.774. The van der Waals surface area contributed by atoms with Gasteiger partial charge in [-0.3, -0.25) is 4.99 Å². The van der Waals surface area contributed by atoms with Gasteiger partial charge in [-0.25, -0.2) is 4.98 Å². The summed E-state index contributed by atoms with van der Waals surface area (Å²) in [6, 6.07) is 8.00. The second-order valence-electron chi connectivity index (χ2n) is 6.42. The van der Waals surface area contributed by atoms with E-state index in [1.165, 1.54) is 10.4 Å². The Labute approximate surface area is 176 Å². The van der Waals surface area contributed by atoms with Crippen molar-refractivity contribution in [3.8, 4) is 0 Å². The largest absolute Gasteiger partial charge is 0.356 e. The standard InChI is InChI=1S/C18H25ClN4S.HI/c1-12-13(2)24-16(23-12)10-21-17(20-5)22-11-18(3,4)14-7-6-8-15(19)9-14;/h6-9H,10-11H2,1-5H3,(H2,20,21,22);1H. The zero-order chi connectivity index (χ0) is 17.7. The molecule has 0 aliphatic heterocycles. The predicted molar refractivity (Wildman–Crippen MR) is 120 cm³/mol. The highest BCUT2D eigenvalue weighted by Crippen LogP contribution is 2.24. The van der Waals surface area contributed by atoms with Gasteiger partial charge in [-0.05, 0) is 31.5 Å². The summed E-state index contributed by atoms with van der Waals surface area (Å²) >= 11 is 7.83. The maximum Gasteiger partial charge on any atom is 0.191 e. The van der Waals surface area contributed by atoms with Crippen molar-refractivity contribution in [3.63, 3.8) is 0 Å². The van der Waals surface area contributed by atoms with E-state index in [9.17, 15) is 0 Å². The first-order chi connectivity index (χ1) is 11.3. The first-order valence-corrected chi connectivity index (χ1v) is 9.15. The van der Waals surface area contributed by atoms with Gasteiger partial charge in [0.25, 0.3) is 0 Å². The Bertz CT molecular complexity index is 708. The lowest BCUT2D eigenvalue weighted by Crippen LogP contribution is -2.43. The molecule has 2 rings (SSSR count). The second-order valence-corrected chi connectivity index (χ2v) is 8.15. The van der Waals surface area contributed by atoms with Crippen LogP contribution in [0.15, 0.2) is 29.3 Å². The third-order valence-corrected chi connectivity index (χ3v) is 5.32. The molecule has 1 aromatic carbocycles. The Kier molecular flexibility index (Phi) is 8.63. The number of hydrogen-bond donors (Lipinski definition) is 2. The topological polar surface area (TPSA) is 49.3 Å². The molecule has 0 unspecified atom stereocenters. The van der Waals surface area contributed by atoms with Crippen LogP contribution < -0.4 is 10.6 Å². The van der Waals surface area contributed by atoms with Crippen molar-refractivity contribution in [2.75, 3.05) is 13.6 Å². The molecule has 1 aromatic heterocycles. The number of benzene rings is 1. The van der Waals surface area contributed by atoms with Gasteiger partial charge in [0.15, 0.2) is 5.96 Å². The van der Waals surface area contributed by atoms with Crippen molar-refractivity contribution in [2.24, 2.45) is 4.99 Å². The second kappa shape index (κ2) is 9.73. The lowest BCUT2D eigenvalue weighted by atomic mass is 9.84. The lowest BCUT2D eigenvalue weighted by Gasteiger charge is -2.27. The summed E-state index contributed by atoms with van der Waals surface area (Å²) < 4.78 is 0. The molecule has 4 nitrogen and oxygen atoms in total. The Morgan fingerprint density at radius 2 is 2.00 bits per heavy atom. The van der Waals surface area contributed by atoms with Gasteiger partial charge in [0.2, 0.25) is 0 Å². The van der Waals surface area contributed by atoms with E-state index in [-0.39, 0.29) is 29.4 Å². The highest BCUT2D eigenvalue weighted by Gasteiger charge is 2.21. The van der Waals surface area contributed by atoms with Crippen molar-refractivity contribution in [2.45, 2.75) is 39.7 Å². The van der Waals surface area contributed by atoms with Crippen LogP contribution >= 0.6 is 46.9 Å². The van der Waals surface area contributed by atoms with E-state index < -0.39 is 0 Å². The van der Waals surface area contributed by atoms with E-state index in [1.807, 2.05) is 25.1 Å². The van der Waals surface area contributed by atoms with Crippen molar-refractivity contribution in [1.82, 2.24) is 15.6 Å². The predicted octanol–water partition coefficient (Wildman–Crippen LogP) is 4.67. The van der Waals surface area contributed by atoms with Crippen LogP contribution in [-0.2, 0) is 12.0 Å². The molecule has 0 fully saturated rings. The maximum absolute atomic E-state index is 6.11. The average molecular weight is 493 g/mol. The van der Waals surface area contributed by atoms with E-state index in [1.54, 1.807) is 18.4 Å². The SMILES string of the molecule is CN=C(NCc1nc(C)c(C)s1)NCC(C)(C)c1cccc(Cl)c1.I. The zero-order valence-electron chi connectivity index (χ0n) is 15.3. The first-order valence-electron chi connectivity index (χ1n) is 7.95. The third-order valence-electron chi connectivity index (χ3n) is 4.01. The Hall–Kier alpha value is -0.860. The Morgan fingerprint density at radius 1 is 1.28 bits per heavy atom. The van der Waals surface area contributed by atoms with Gasteiger partial charge in [0, 0.05) is 28.9 Å². The van der Waals surface area contributed by atoms with Gasteiger partial charge in [-0.2, -0.15) is 0 Å². The molecule has 0 aliphatic rings. The minimum absolute atomic E-state index is 0. The molecule has 25 heavy (non-hydrogen) atoms. The van der Waals surface area contributed by atoms with Crippen LogP contribution in [-0.4, -0.2) is 24.5 Å². The van der Waals surface area contributed by atoms with Gasteiger partial charge in [-0.1, -0.05) is 37.6 Å². The fourth-order valence-corrected chi connectivity index (χ4v) is 3.37. The smallest absolute Gasteiger partial charge is 0.191 e. The minimum Gasteiger partial charge on any atom is -0.356 e. The van der Waals surface area contributed by atoms with Crippen LogP contribution in [0, 0.1) is 13.8 Å². The minimum atomic E-state index is -0.0587. The van der Waals surface area contributed by atoms with E-state index in [0.29, 0.717) is 6.54 Å². The summed E-state index contributed by atoms with van der Waals surface area (Å²) in [5.41, 5.74) is 2.24. The van der Waals surface area contributed by atoms with E-state index in [4.69, 9.17) is 11.6 Å². The Balaban J connectivity index is 0.00000312. The molecule has 0 aliphatic carbocycles. The van der Waals surface area contributed by atoms with E-state index in [2.05, 4.69) is 47.4 Å². The molecule has 138 valence electrons. The van der Waals surface area contributed by atoms with Crippen molar-refractivity contribution in [3.05, 3.63) is 50.4 Å². The average Bonchev–Trinajstić information content (AvgIpc) is 2.86. The number of nitrogens with zero attached hydrogens (tertiary/aromatic N) is 2. The van der Waals surface area contributed by atoms with Crippen molar-refractivity contribution < 1.29 is 0 Å². The van der Waals surface area contributed by atoms with Gasteiger partial charge >= 0.3 is 0 Å². The quantitative estimate of drug-likeness (QED) is 0.362. The highest BCUT2D eigenvalue weighted by molar-refractivity contribution is 14.0. The highest BCUT2D eigenvalue weighted by atomic mass is 127. The summed E-state index contributed by atoms with van der Waals surface area (Å²) in [5, 5.41) is 8.55. The number of aliphatic imine (C=N–C) groups is 1. The first kappa shape index (κ1) is 22.2. The number of rotatable bonds is 5. The fraction of sp³-hybridized carbons (Fsp3) is 0.444. The van der Waals surface area contributed by atoms with Gasteiger partial charge < -0.3 is 10.6 Å². The Morgan fingerprint density at radius 3 is 2.56 bits per heavy atom. The number of hydrogen-bond acceptors (Lipinski definition) is 3. The summed E-state index contributed by atoms with van der Waals surface area (Å²) in [4.78, 5) is 10.1. The molecular formula is C18H26ClIN4S. The van der Waals surface area contributed by atoms with Crippen molar-refractivity contribution >= 4 is 52.9 Å². The summed E-state index contributed by atoms with van der Waals surface area (Å²) in [6.07, 6.45) is 0. The third kappa shape index (κ3) is 6.42. The number of aromatic nitrogens is 1. The molecule has 2 aromatic rings. The summed E-state index contributed by atoms with van der Waals surface area (Å²) in [7, 11) is 1.78. The molecule has 0 spiro atoms. The molecule has 1 heterocycles. The van der Waals surface area contributed by atoms with Gasteiger partial charge in [0.1, 0.15) is 5.01 Å². The van der Waals surface area contributed by atoms with E-state index in [0.717, 1.165) is 28.2 Å². The molecule has 0 bridgehead atoms. The van der Waals surface area contributed by atoms with Crippen LogP contribution in [0.5, 0.6) is 0 Å². The van der Waals surface area contributed by atoms with Crippen LogP contribution in [0.25, 0.3) is 0 Å². The summed E-state index contributed by atoms with van der Waals surface area (Å²) in [6.45, 7) is 9.94. The number of thiazole rings is 1. The van der Waals surface area contributed by atoms with Crippen LogP contribution in [0.2, 0.25) is 5.02 Å².